The summed E-state index contributed by atoms with van der Waals surface area (Å²) in [6.07, 6.45) is 0.689. The first-order valence-electron chi connectivity index (χ1n) is 5.28. The van der Waals surface area contributed by atoms with Crippen LogP contribution in [0.2, 0.25) is 0 Å². The van der Waals surface area contributed by atoms with Crippen molar-refractivity contribution in [2.75, 3.05) is 5.32 Å². The average Bonchev–Trinajstić information content (AvgIpc) is 2.55. The summed E-state index contributed by atoms with van der Waals surface area (Å²) in [5, 5.41) is 2.73. The summed E-state index contributed by atoms with van der Waals surface area (Å²) in [6, 6.07) is 5.14. The summed E-state index contributed by atoms with van der Waals surface area (Å²) in [7, 11) is 0. The number of nitrogens with one attached hydrogen (secondary N) is 1. The molecule has 1 heterocycles. The largest absolute Gasteiger partial charge is 0.328 e. The van der Waals surface area contributed by atoms with E-state index in [0.717, 1.165) is 11.3 Å². The summed E-state index contributed by atoms with van der Waals surface area (Å²) in [5.41, 5.74) is 7.91. The minimum atomic E-state index is -0.138. The highest BCUT2D eigenvalue weighted by Crippen LogP contribution is 2.24. The summed E-state index contributed by atoms with van der Waals surface area (Å²) in [5.74, 6) is 0.00365. The molecular formula is C12H14N2O2. The molecule has 0 bridgehead atoms. The van der Waals surface area contributed by atoms with Crippen LogP contribution in [0.15, 0.2) is 18.2 Å². The first-order valence-corrected chi connectivity index (χ1v) is 5.28. The highest BCUT2D eigenvalue weighted by molar-refractivity contribution is 6.02. The molecule has 0 saturated carbocycles. The van der Waals surface area contributed by atoms with Gasteiger partial charge in [-0.05, 0) is 30.7 Å². The van der Waals surface area contributed by atoms with Crippen molar-refractivity contribution < 1.29 is 9.59 Å². The van der Waals surface area contributed by atoms with E-state index < -0.39 is 0 Å². The maximum Gasteiger partial charge on any atom is 0.228 e. The van der Waals surface area contributed by atoms with Crippen LogP contribution in [-0.4, -0.2) is 17.7 Å². The van der Waals surface area contributed by atoms with Gasteiger partial charge in [0.05, 0.1) is 6.42 Å². The first kappa shape index (κ1) is 10.8. The van der Waals surface area contributed by atoms with Gasteiger partial charge >= 0.3 is 0 Å². The highest BCUT2D eigenvalue weighted by atomic mass is 16.1. The third-order valence-electron chi connectivity index (χ3n) is 2.56. The lowest BCUT2D eigenvalue weighted by molar-refractivity contribution is -0.115. The van der Waals surface area contributed by atoms with Crippen molar-refractivity contribution in [3.05, 3.63) is 29.3 Å². The van der Waals surface area contributed by atoms with Crippen molar-refractivity contribution in [2.45, 2.75) is 25.8 Å². The molecule has 0 aliphatic carbocycles. The average molecular weight is 218 g/mol. The Balaban J connectivity index is 2.22. The Kier molecular flexibility index (Phi) is 2.75. The molecule has 2 rings (SSSR count). The van der Waals surface area contributed by atoms with Crippen LogP contribution in [0, 0.1) is 0 Å². The van der Waals surface area contributed by atoms with E-state index in [-0.39, 0.29) is 17.7 Å². The number of hydrogen-bond donors (Lipinski definition) is 2. The van der Waals surface area contributed by atoms with Crippen molar-refractivity contribution in [3.63, 3.8) is 0 Å². The standard InChI is InChI=1S/C12H14N2O2/c1-7(13)4-11(15)8-2-3-10-9(5-8)6-12(16)14-10/h2-3,5,7H,4,6,13H2,1H3,(H,14,16). The van der Waals surface area contributed by atoms with Crippen molar-refractivity contribution in [3.8, 4) is 0 Å². The number of carbonyl (C=O) groups is 2. The molecule has 0 radical (unpaired) electrons. The summed E-state index contributed by atoms with van der Waals surface area (Å²) in [4.78, 5) is 22.9. The molecule has 3 N–H and O–H groups in total. The number of hydrogen-bond acceptors (Lipinski definition) is 3. The van der Waals surface area contributed by atoms with E-state index >= 15 is 0 Å². The molecule has 0 saturated heterocycles. The third-order valence-corrected chi connectivity index (χ3v) is 2.56. The van der Waals surface area contributed by atoms with Gasteiger partial charge in [0.25, 0.3) is 0 Å². The van der Waals surface area contributed by atoms with Crippen LogP contribution in [0.5, 0.6) is 0 Å². The molecular weight excluding hydrogens is 204 g/mol. The molecule has 1 aliphatic rings. The molecule has 16 heavy (non-hydrogen) atoms. The predicted octanol–water partition coefficient (Wildman–Crippen LogP) is 1.10. The second-order valence-corrected chi connectivity index (χ2v) is 4.20. The zero-order chi connectivity index (χ0) is 11.7. The lowest BCUT2D eigenvalue weighted by Gasteiger charge is -2.05. The lowest BCUT2D eigenvalue weighted by atomic mass is 10.0. The topological polar surface area (TPSA) is 72.2 Å². The number of amides is 1. The SMILES string of the molecule is CC(N)CC(=O)c1ccc2c(c1)CC(=O)N2. The van der Waals surface area contributed by atoms with E-state index in [9.17, 15) is 9.59 Å². The molecule has 1 amide bonds. The fourth-order valence-electron chi connectivity index (χ4n) is 1.81. The molecule has 1 aliphatic heterocycles. The van der Waals surface area contributed by atoms with Gasteiger partial charge in [-0.25, -0.2) is 0 Å². The van der Waals surface area contributed by atoms with E-state index in [4.69, 9.17) is 5.73 Å². The predicted molar refractivity (Wildman–Crippen MR) is 61.4 cm³/mol. The second kappa shape index (κ2) is 4.06. The molecule has 0 spiro atoms. The maximum absolute atomic E-state index is 11.8. The quantitative estimate of drug-likeness (QED) is 0.746. The van der Waals surface area contributed by atoms with E-state index in [1.807, 2.05) is 0 Å². The fraction of sp³-hybridized carbons (Fsp3) is 0.333. The Labute approximate surface area is 93.8 Å². The molecule has 1 aromatic carbocycles. The van der Waals surface area contributed by atoms with E-state index in [1.54, 1.807) is 25.1 Å². The van der Waals surface area contributed by atoms with Crippen molar-refractivity contribution in [2.24, 2.45) is 5.73 Å². The molecule has 84 valence electrons. The van der Waals surface area contributed by atoms with Crippen LogP contribution >= 0.6 is 0 Å². The zero-order valence-corrected chi connectivity index (χ0v) is 9.12. The number of benzene rings is 1. The Morgan fingerprint density at radius 2 is 2.31 bits per heavy atom. The van der Waals surface area contributed by atoms with Gasteiger partial charge in [0.2, 0.25) is 5.91 Å². The van der Waals surface area contributed by atoms with Crippen LogP contribution in [0.1, 0.15) is 29.3 Å². The molecule has 4 nitrogen and oxygen atoms in total. The third kappa shape index (κ3) is 2.12. The van der Waals surface area contributed by atoms with Crippen LogP contribution in [0.25, 0.3) is 0 Å². The lowest BCUT2D eigenvalue weighted by Crippen LogP contribution is -2.19. The Hall–Kier alpha value is -1.68. The van der Waals surface area contributed by atoms with Gasteiger partial charge in [0.15, 0.2) is 5.78 Å². The normalized spacial score (nSPS) is 15.5. The zero-order valence-electron chi connectivity index (χ0n) is 9.12. The Morgan fingerprint density at radius 3 is 3.00 bits per heavy atom. The minimum absolute atomic E-state index is 0.0215. The molecule has 1 aromatic rings. The summed E-state index contributed by atoms with van der Waals surface area (Å²) in [6.45, 7) is 1.80. The van der Waals surface area contributed by atoms with Crippen LogP contribution in [0.4, 0.5) is 5.69 Å². The molecule has 1 unspecified atom stereocenters. The van der Waals surface area contributed by atoms with Crippen molar-refractivity contribution in [1.29, 1.82) is 0 Å². The van der Waals surface area contributed by atoms with Crippen LogP contribution in [0.3, 0.4) is 0 Å². The van der Waals surface area contributed by atoms with E-state index in [0.29, 0.717) is 18.4 Å². The highest BCUT2D eigenvalue weighted by Gasteiger charge is 2.19. The molecule has 0 fully saturated rings. The molecule has 4 heteroatoms. The van der Waals surface area contributed by atoms with Crippen molar-refractivity contribution in [1.82, 2.24) is 0 Å². The second-order valence-electron chi connectivity index (χ2n) is 4.20. The van der Waals surface area contributed by atoms with E-state index in [1.165, 1.54) is 0 Å². The van der Waals surface area contributed by atoms with Crippen LogP contribution in [-0.2, 0) is 11.2 Å². The van der Waals surface area contributed by atoms with Gasteiger partial charge in [-0.1, -0.05) is 0 Å². The number of fused-ring (bicyclic) bond motifs is 1. The molecule has 0 aromatic heterocycles. The minimum Gasteiger partial charge on any atom is -0.328 e. The van der Waals surface area contributed by atoms with Gasteiger partial charge in [-0.3, -0.25) is 9.59 Å². The first-order chi connectivity index (χ1) is 7.56. The maximum atomic E-state index is 11.8. The number of carbonyl (C=O) groups excluding carboxylic acids is 2. The molecule has 1 atom stereocenters. The smallest absolute Gasteiger partial charge is 0.228 e. The number of nitrogens with two attached hydrogens (primary N) is 1. The number of ketones is 1. The van der Waals surface area contributed by atoms with E-state index in [2.05, 4.69) is 5.32 Å². The summed E-state index contributed by atoms with van der Waals surface area (Å²) < 4.78 is 0. The Bertz CT molecular complexity index is 452. The summed E-state index contributed by atoms with van der Waals surface area (Å²) >= 11 is 0. The van der Waals surface area contributed by atoms with Crippen molar-refractivity contribution >= 4 is 17.4 Å². The van der Waals surface area contributed by atoms with Crippen LogP contribution < -0.4 is 11.1 Å². The van der Waals surface area contributed by atoms with Gasteiger partial charge in [0.1, 0.15) is 0 Å². The van der Waals surface area contributed by atoms with Gasteiger partial charge in [-0.2, -0.15) is 0 Å². The number of anilines is 1. The monoisotopic (exact) mass is 218 g/mol. The number of Topliss-reactive ketones (excluding diaryl/α,β-unsaturated/α-hetero) is 1. The van der Waals surface area contributed by atoms with Gasteiger partial charge in [0, 0.05) is 23.7 Å². The van der Waals surface area contributed by atoms with Gasteiger partial charge < -0.3 is 11.1 Å². The van der Waals surface area contributed by atoms with Gasteiger partial charge in [-0.15, -0.1) is 0 Å². The number of rotatable bonds is 3. The Morgan fingerprint density at radius 1 is 1.56 bits per heavy atom. The fourth-order valence-corrected chi connectivity index (χ4v) is 1.81.